The topological polar surface area (TPSA) is 92.8 Å². The van der Waals surface area contributed by atoms with Crippen LogP contribution < -0.4 is 5.32 Å². The van der Waals surface area contributed by atoms with Gasteiger partial charge in [0, 0.05) is 18.8 Å². The normalized spacial score (nSPS) is 19.9. The van der Waals surface area contributed by atoms with Gasteiger partial charge in [0.2, 0.25) is 10.0 Å². The van der Waals surface area contributed by atoms with Crippen molar-refractivity contribution >= 4 is 27.6 Å². The van der Waals surface area contributed by atoms with Crippen molar-refractivity contribution in [3.05, 3.63) is 36.4 Å². The lowest BCUT2D eigenvalue weighted by Crippen LogP contribution is -2.27. The van der Waals surface area contributed by atoms with Crippen molar-refractivity contribution < 1.29 is 22.7 Å². The number of carbonyl (C=O) groups excluding carboxylic acids is 2. The van der Waals surface area contributed by atoms with Crippen molar-refractivity contribution in [1.82, 2.24) is 4.31 Å². The van der Waals surface area contributed by atoms with Crippen LogP contribution in [0, 0.1) is 5.92 Å². The van der Waals surface area contributed by atoms with Gasteiger partial charge in [-0.15, -0.1) is 0 Å². The van der Waals surface area contributed by atoms with Crippen LogP contribution in [0.2, 0.25) is 0 Å². The van der Waals surface area contributed by atoms with E-state index < -0.39 is 21.9 Å². The maximum Gasteiger partial charge on any atom is 0.306 e. The first-order valence-corrected chi connectivity index (χ1v) is 10.6. The van der Waals surface area contributed by atoms with E-state index in [0.717, 1.165) is 25.7 Å². The van der Waals surface area contributed by atoms with E-state index in [0.29, 0.717) is 18.8 Å². The summed E-state index contributed by atoms with van der Waals surface area (Å²) in [5, 5.41) is 2.60. The summed E-state index contributed by atoms with van der Waals surface area (Å²) in [7, 11) is -3.47. The fraction of sp³-hybridized carbons (Fsp3) is 0.474. The Bertz CT molecular complexity index is 811. The monoisotopic (exact) mass is 392 g/mol. The zero-order valence-electron chi connectivity index (χ0n) is 15.1. The van der Waals surface area contributed by atoms with Crippen molar-refractivity contribution in [3.63, 3.8) is 0 Å². The standard InChI is InChI=1S/C19H24N2O5S/c22-18(14-26-19(23)13-15-5-1-2-6-15)20-16-7-9-17(10-8-16)27(24,25)21-11-3-4-12-21/h1,5,7-10,15H,2-4,6,11-14H2,(H,20,22)/t15-/m1/s1. The average Bonchev–Trinajstić information content (AvgIpc) is 3.34. The van der Waals surface area contributed by atoms with Crippen molar-refractivity contribution in [2.24, 2.45) is 5.92 Å². The molecular formula is C19H24N2O5S. The molecule has 1 atom stereocenters. The van der Waals surface area contributed by atoms with E-state index in [4.69, 9.17) is 4.74 Å². The molecule has 27 heavy (non-hydrogen) atoms. The molecule has 146 valence electrons. The number of ether oxygens (including phenoxy) is 1. The Hall–Kier alpha value is -2.19. The minimum Gasteiger partial charge on any atom is -0.456 e. The second-order valence-corrected chi connectivity index (χ2v) is 8.75. The molecule has 0 aromatic heterocycles. The van der Waals surface area contributed by atoms with Crippen LogP contribution in [0.3, 0.4) is 0 Å². The van der Waals surface area contributed by atoms with Gasteiger partial charge in [0.05, 0.1) is 11.3 Å². The van der Waals surface area contributed by atoms with Crippen molar-refractivity contribution in [2.75, 3.05) is 25.0 Å². The van der Waals surface area contributed by atoms with Gasteiger partial charge in [0.15, 0.2) is 6.61 Å². The van der Waals surface area contributed by atoms with Gasteiger partial charge in [-0.2, -0.15) is 4.31 Å². The quantitative estimate of drug-likeness (QED) is 0.568. The molecule has 1 saturated heterocycles. The second kappa shape index (κ2) is 8.67. The lowest BCUT2D eigenvalue weighted by atomic mass is 10.1. The molecule has 0 saturated carbocycles. The molecule has 1 fully saturated rings. The van der Waals surface area contributed by atoms with E-state index in [1.807, 2.05) is 12.2 Å². The lowest BCUT2D eigenvalue weighted by Gasteiger charge is -2.15. The highest BCUT2D eigenvalue weighted by Crippen LogP contribution is 2.22. The first-order chi connectivity index (χ1) is 12.9. The molecule has 0 radical (unpaired) electrons. The fourth-order valence-corrected chi connectivity index (χ4v) is 4.79. The minimum absolute atomic E-state index is 0.200. The molecule has 1 aliphatic heterocycles. The molecule has 2 aliphatic rings. The van der Waals surface area contributed by atoms with Gasteiger partial charge in [-0.25, -0.2) is 8.42 Å². The van der Waals surface area contributed by atoms with Crippen LogP contribution in [0.4, 0.5) is 5.69 Å². The molecule has 1 amide bonds. The first kappa shape index (κ1) is 19.6. The molecular weight excluding hydrogens is 368 g/mol. The Morgan fingerprint density at radius 2 is 1.85 bits per heavy atom. The molecule has 0 bridgehead atoms. The number of sulfonamides is 1. The Kier molecular flexibility index (Phi) is 6.28. The average molecular weight is 392 g/mol. The van der Waals surface area contributed by atoms with E-state index in [1.165, 1.54) is 28.6 Å². The minimum atomic E-state index is -3.47. The van der Waals surface area contributed by atoms with Crippen molar-refractivity contribution in [3.8, 4) is 0 Å². The molecule has 7 nitrogen and oxygen atoms in total. The maximum absolute atomic E-state index is 12.5. The Morgan fingerprint density at radius 3 is 2.48 bits per heavy atom. The number of hydrogen-bond acceptors (Lipinski definition) is 5. The summed E-state index contributed by atoms with van der Waals surface area (Å²) in [6.07, 6.45) is 7.99. The van der Waals surface area contributed by atoms with E-state index in [9.17, 15) is 18.0 Å². The number of hydrogen-bond donors (Lipinski definition) is 1. The predicted molar refractivity (Wildman–Crippen MR) is 101 cm³/mol. The largest absolute Gasteiger partial charge is 0.456 e. The summed E-state index contributed by atoms with van der Waals surface area (Å²) in [5.41, 5.74) is 0.454. The molecule has 0 unspecified atom stereocenters. The predicted octanol–water partition coefficient (Wildman–Crippen LogP) is 2.31. The molecule has 3 rings (SSSR count). The molecule has 1 heterocycles. The van der Waals surface area contributed by atoms with Crippen LogP contribution in [0.5, 0.6) is 0 Å². The SMILES string of the molecule is O=C(COC(=O)C[C@@H]1C=CCC1)Nc1ccc(S(=O)(=O)N2CCCC2)cc1. The number of carbonyl (C=O) groups is 2. The third-order valence-corrected chi connectivity index (χ3v) is 6.66. The Morgan fingerprint density at radius 1 is 1.15 bits per heavy atom. The number of rotatable bonds is 7. The van der Waals surface area contributed by atoms with Crippen LogP contribution in [0.1, 0.15) is 32.1 Å². The smallest absolute Gasteiger partial charge is 0.306 e. The number of nitrogens with zero attached hydrogens (tertiary/aromatic N) is 1. The zero-order valence-corrected chi connectivity index (χ0v) is 15.9. The van der Waals surface area contributed by atoms with Crippen molar-refractivity contribution in [2.45, 2.75) is 37.0 Å². The third kappa shape index (κ3) is 5.17. The number of esters is 1. The van der Waals surface area contributed by atoms with Crippen LogP contribution in [-0.2, 0) is 24.3 Å². The highest BCUT2D eigenvalue weighted by Gasteiger charge is 2.27. The van der Waals surface area contributed by atoms with Crippen LogP contribution >= 0.6 is 0 Å². The van der Waals surface area contributed by atoms with Gasteiger partial charge in [-0.05, 0) is 55.9 Å². The molecule has 1 aromatic carbocycles. The summed E-state index contributed by atoms with van der Waals surface area (Å²) < 4.78 is 31.4. The summed E-state index contributed by atoms with van der Waals surface area (Å²) in [6.45, 7) is 0.731. The summed E-state index contributed by atoms with van der Waals surface area (Å²) in [6, 6.07) is 6.02. The zero-order chi connectivity index (χ0) is 19.3. The summed E-state index contributed by atoms with van der Waals surface area (Å²) >= 11 is 0. The van der Waals surface area contributed by atoms with Crippen LogP contribution in [-0.4, -0.2) is 44.3 Å². The van der Waals surface area contributed by atoms with Gasteiger partial charge in [0.1, 0.15) is 0 Å². The van der Waals surface area contributed by atoms with Gasteiger partial charge < -0.3 is 10.1 Å². The maximum atomic E-state index is 12.5. The molecule has 1 aliphatic carbocycles. The van der Waals surface area contributed by atoms with Gasteiger partial charge in [0.25, 0.3) is 5.91 Å². The number of nitrogens with one attached hydrogen (secondary N) is 1. The van der Waals surface area contributed by atoms with E-state index in [1.54, 1.807) is 0 Å². The molecule has 8 heteroatoms. The van der Waals surface area contributed by atoms with Crippen LogP contribution in [0.25, 0.3) is 0 Å². The number of anilines is 1. The number of allylic oxidation sites excluding steroid dienone is 2. The Labute approximate surface area is 159 Å². The second-order valence-electron chi connectivity index (χ2n) is 6.81. The van der Waals surface area contributed by atoms with Crippen LogP contribution in [0.15, 0.2) is 41.3 Å². The van der Waals surface area contributed by atoms with Gasteiger partial charge in [-0.3, -0.25) is 9.59 Å². The van der Waals surface area contributed by atoms with Gasteiger partial charge in [-0.1, -0.05) is 12.2 Å². The van der Waals surface area contributed by atoms with Gasteiger partial charge >= 0.3 is 5.97 Å². The lowest BCUT2D eigenvalue weighted by molar-refractivity contribution is -0.147. The first-order valence-electron chi connectivity index (χ1n) is 9.17. The highest BCUT2D eigenvalue weighted by atomic mass is 32.2. The van der Waals surface area contributed by atoms with E-state index in [2.05, 4.69) is 5.32 Å². The van der Waals surface area contributed by atoms with E-state index >= 15 is 0 Å². The number of amides is 1. The van der Waals surface area contributed by atoms with E-state index in [-0.39, 0.29) is 23.8 Å². The molecule has 0 spiro atoms. The third-order valence-electron chi connectivity index (χ3n) is 4.75. The summed E-state index contributed by atoms with van der Waals surface area (Å²) in [5.74, 6) is -0.653. The highest BCUT2D eigenvalue weighted by molar-refractivity contribution is 7.89. The fourth-order valence-electron chi connectivity index (χ4n) is 3.27. The molecule has 1 N–H and O–H groups in total. The molecule has 1 aromatic rings. The van der Waals surface area contributed by atoms with Crippen molar-refractivity contribution in [1.29, 1.82) is 0 Å². The summed E-state index contributed by atoms with van der Waals surface area (Å²) in [4.78, 5) is 23.9. The number of benzene rings is 1. The Balaban J connectivity index is 1.48.